The van der Waals surface area contributed by atoms with E-state index in [-0.39, 0.29) is 36.0 Å². The summed E-state index contributed by atoms with van der Waals surface area (Å²) < 4.78 is 40.0. The summed E-state index contributed by atoms with van der Waals surface area (Å²) >= 11 is 0. The fourth-order valence-electron chi connectivity index (χ4n) is 2.43. The molecule has 6 nitrogen and oxygen atoms in total. The standard InChI is InChI=1S/C14H14F3N5O.ClH/c15-14(16,17)9-3-1-7-19-12(9)22-8-5-11(21-22)20-13(23)10-4-2-6-18-10;/h1,3,5,7-8,10,18H,2,4,6H2,(H,20,21,23);1H. The highest BCUT2D eigenvalue weighted by Crippen LogP contribution is 2.32. The number of amides is 1. The summed E-state index contributed by atoms with van der Waals surface area (Å²) in [5.74, 6) is -0.396. The van der Waals surface area contributed by atoms with E-state index in [9.17, 15) is 18.0 Å². The van der Waals surface area contributed by atoms with E-state index >= 15 is 0 Å². The molecule has 0 saturated carbocycles. The number of carbonyl (C=O) groups is 1. The molecule has 2 aromatic heterocycles. The number of halogens is 4. The molecule has 130 valence electrons. The van der Waals surface area contributed by atoms with Crippen LogP contribution in [0.3, 0.4) is 0 Å². The van der Waals surface area contributed by atoms with Crippen molar-refractivity contribution in [2.45, 2.75) is 25.1 Å². The zero-order valence-electron chi connectivity index (χ0n) is 12.4. The van der Waals surface area contributed by atoms with Gasteiger partial charge in [-0.2, -0.15) is 13.2 Å². The summed E-state index contributed by atoms with van der Waals surface area (Å²) in [4.78, 5) is 15.7. The predicted octanol–water partition coefficient (Wildman–Crippen LogP) is 2.40. The van der Waals surface area contributed by atoms with Gasteiger partial charge in [-0.05, 0) is 31.5 Å². The summed E-state index contributed by atoms with van der Waals surface area (Å²) in [5, 5.41) is 9.59. The van der Waals surface area contributed by atoms with Crippen LogP contribution in [0.5, 0.6) is 0 Å². The van der Waals surface area contributed by atoms with Gasteiger partial charge in [0.05, 0.1) is 6.04 Å². The maximum atomic E-state index is 13.0. The maximum absolute atomic E-state index is 13.0. The SMILES string of the molecule is Cl.O=C(Nc1ccn(-c2ncccc2C(F)(F)F)n1)C1CCCN1. The molecule has 1 aliphatic heterocycles. The molecule has 1 saturated heterocycles. The van der Waals surface area contributed by atoms with Crippen molar-refractivity contribution in [2.24, 2.45) is 0 Å². The lowest BCUT2D eigenvalue weighted by atomic mass is 10.2. The third-order valence-corrected chi connectivity index (χ3v) is 3.53. The Hall–Kier alpha value is -2.13. The van der Waals surface area contributed by atoms with Gasteiger partial charge in [-0.25, -0.2) is 9.67 Å². The van der Waals surface area contributed by atoms with Crippen LogP contribution in [0.2, 0.25) is 0 Å². The molecule has 0 aliphatic carbocycles. The van der Waals surface area contributed by atoms with Crippen molar-refractivity contribution >= 4 is 24.1 Å². The number of anilines is 1. The molecule has 1 fully saturated rings. The second kappa shape index (κ2) is 7.18. The number of hydrogen-bond acceptors (Lipinski definition) is 4. The Morgan fingerprint density at radius 3 is 2.83 bits per heavy atom. The van der Waals surface area contributed by atoms with Crippen LogP contribution in [0.15, 0.2) is 30.6 Å². The Balaban J connectivity index is 0.00000208. The predicted molar refractivity (Wildman–Crippen MR) is 83.3 cm³/mol. The molecule has 3 rings (SSSR count). The lowest BCUT2D eigenvalue weighted by Gasteiger charge is -2.11. The monoisotopic (exact) mass is 361 g/mol. The number of nitrogens with zero attached hydrogens (tertiary/aromatic N) is 3. The lowest BCUT2D eigenvalue weighted by Crippen LogP contribution is -2.35. The van der Waals surface area contributed by atoms with Crippen molar-refractivity contribution in [1.29, 1.82) is 0 Å². The minimum absolute atomic E-state index is 0. The topological polar surface area (TPSA) is 71.8 Å². The van der Waals surface area contributed by atoms with Crippen LogP contribution < -0.4 is 10.6 Å². The first kappa shape index (κ1) is 18.2. The third kappa shape index (κ3) is 3.85. The molecule has 3 heterocycles. The van der Waals surface area contributed by atoms with Gasteiger partial charge in [-0.3, -0.25) is 4.79 Å². The van der Waals surface area contributed by atoms with Crippen molar-refractivity contribution in [1.82, 2.24) is 20.1 Å². The molecule has 0 spiro atoms. The first-order chi connectivity index (χ1) is 10.9. The van der Waals surface area contributed by atoms with Gasteiger partial charge in [0.15, 0.2) is 11.6 Å². The molecule has 2 aromatic rings. The minimum atomic E-state index is -4.53. The number of hydrogen-bond donors (Lipinski definition) is 2. The van der Waals surface area contributed by atoms with Crippen molar-refractivity contribution in [2.75, 3.05) is 11.9 Å². The van der Waals surface area contributed by atoms with E-state index in [1.165, 1.54) is 24.5 Å². The van der Waals surface area contributed by atoms with Crippen LogP contribution in [0.4, 0.5) is 19.0 Å². The molecule has 0 aromatic carbocycles. The third-order valence-electron chi connectivity index (χ3n) is 3.53. The Bertz CT molecular complexity index is 712. The highest BCUT2D eigenvalue weighted by molar-refractivity contribution is 5.94. The molecule has 1 aliphatic rings. The Morgan fingerprint density at radius 1 is 1.38 bits per heavy atom. The summed E-state index contributed by atoms with van der Waals surface area (Å²) in [5.41, 5.74) is -0.890. The van der Waals surface area contributed by atoms with Gasteiger partial charge in [0.25, 0.3) is 0 Å². The van der Waals surface area contributed by atoms with Crippen LogP contribution in [-0.4, -0.2) is 33.3 Å². The molecular formula is C14H15ClF3N5O. The van der Waals surface area contributed by atoms with Crippen LogP contribution in [0.1, 0.15) is 18.4 Å². The number of rotatable bonds is 3. The minimum Gasteiger partial charge on any atom is -0.308 e. The van der Waals surface area contributed by atoms with Gasteiger partial charge in [0, 0.05) is 18.5 Å². The van der Waals surface area contributed by atoms with Gasteiger partial charge in [0.1, 0.15) is 5.56 Å². The van der Waals surface area contributed by atoms with Crippen LogP contribution in [0, 0.1) is 0 Å². The average Bonchev–Trinajstić information content (AvgIpc) is 3.18. The zero-order valence-corrected chi connectivity index (χ0v) is 13.2. The number of nitrogens with one attached hydrogen (secondary N) is 2. The number of alkyl halides is 3. The highest BCUT2D eigenvalue weighted by atomic mass is 35.5. The average molecular weight is 362 g/mol. The Kier molecular flexibility index (Phi) is 5.45. The molecule has 1 unspecified atom stereocenters. The lowest BCUT2D eigenvalue weighted by molar-refractivity contribution is -0.137. The molecule has 2 N–H and O–H groups in total. The molecule has 24 heavy (non-hydrogen) atoms. The van der Waals surface area contributed by atoms with Gasteiger partial charge >= 0.3 is 6.18 Å². The molecular weight excluding hydrogens is 347 g/mol. The maximum Gasteiger partial charge on any atom is 0.420 e. The van der Waals surface area contributed by atoms with Crippen LogP contribution >= 0.6 is 12.4 Å². The Labute approximate surface area is 141 Å². The van der Waals surface area contributed by atoms with Crippen molar-refractivity contribution in [3.8, 4) is 5.82 Å². The molecule has 10 heteroatoms. The second-order valence-electron chi connectivity index (χ2n) is 5.16. The van der Waals surface area contributed by atoms with E-state index in [0.29, 0.717) is 0 Å². The quantitative estimate of drug-likeness (QED) is 0.880. The van der Waals surface area contributed by atoms with Crippen molar-refractivity contribution in [3.63, 3.8) is 0 Å². The summed E-state index contributed by atoms with van der Waals surface area (Å²) in [6.45, 7) is 0.773. The zero-order chi connectivity index (χ0) is 16.4. The van der Waals surface area contributed by atoms with E-state index in [2.05, 4.69) is 20.7 Å². The summed E-state index contributed by atoms with van der Waals surface area (Å²) in [6, 6.07) is 3.29. The fraction of sp³-hybridized carbons (Fsp3) is 0.357. The molecule has 0 bridgehead atoms. The fourth-order valence-corrected chi connectivity index (χ4v) is 2.43. The molecule has 0 radical (unpaired) electrons. The van der Waals surface area contributed by atoms with Gasteiger partial charge in [-0.15, -0.1) is 17.5 Å². The Morgan fingerprint density at radius 2 is 2.17 bits per heavy atom. The summed E-state index contributed by atoms with van der Waals surface area (Å²) in [6.07, 6.45) is -0.310. The number of carbonyl (C=O) groups excluding carboxylic acids is 1. The largest absolute Gasteiger partial charge is 0.420 e. The second-order valence-corrected chi connectivity index (χ2v) is 5.16. The van der Waals surface area contributed by atoms with E-state index < -0.39 is 11.7 Å². The van der Waals surface area contributed by atoms with E-state index in [4.69, 9.17) is 0 Å². The number of aromatic nitrogens is 3. The molecule has 1 atom stereocenters. The number of pyridine rings is 1. The normalized spacial score (nSPS) is 17.4. The highest BCUT2D eigenvalue weighted by Gasteiger charge is 2.35. The first-order valence-electron chi connectivity index (χ1n) is 7.07. The van der Waals surface area contributed by atoms with E-state index in [0.717, 1.165) is 30.1 Å². The van der Waals surface area contributed by atoms with Crippen LogP contribution in [-0.2, 0) is 11.0 Å². The van der Waals surface area contributed by atoms with Gasteiger partial charge in [0.2, 0.25) is 5.91 Å². The van der Waals surface area contributed by atoms with E-state index in [1.54, 1.807) is 0 Å². The van der Waals surface area contributed by atoms with E-state index in [1.807, 2.05) is 0 Å². The summed E-state index contributed by atoms with van der Waals surface area (Å²) in [7, 11) is 0. The van der Waals surface area contributed by atoms with Crippen molar-refractivity contribution in [3.05, 3.63) is 36.2 Å². The van der Waals surface area contributed by atoms with Gasteiger partial charge in [-0.1, -0.05) is 0 Å². The van der Waals surface area contributed by atoms with Gasteiger partial charge < -0.3 is 10.6 Å². The van der Waals surface area contributed by atoms with Crippen LogP contribution in [0.25, 0.3) is 5.82 Å². The smallest absolute Gasteiger partial charge is 0.308 e. The van der Waals surface area contributed by atoms with Crippen molar-refractivity contribution < 1.29 is 18.0 Å². The molecule has 1 amide bonds. The first-order valence-corrected chi connectivity index (χ1v) is 7.07.